The van der Waals surface area contributed by atoms with Gasteiger partial charge in [0, 0.05) is 44.5 Å². The Morgan fingerprint density at radius 3 is 3.00 bits per heavy atom. The van der Waals surface area contributed by atoms with Crippen LogP contribution in [0.4, 0.5) is 5.82 Å². The predicted molar refractivity (Wildman–Crippen MR) is 96.3 cm³/mol. The van der Waals surface area contributed by atoms with Crippen LogP contribution >= 0.6 is 0 Å². The van der Waals surface area contributed by atoms with Crippen LogP contribution < -0.4 is 15.5 Å². The number of morpholine rings is 1. The molecule has 132 valence electrons. The van der Waals surface area contributed by atoms with Gasteiger partial charge in [-0.25, -0.2) is 4.98 Å². The molecule has 0 bridgehead atoms. The average molecular weight is 330 g/mol. The first-order valence-corrected chi connectivity index (χ1v) is 9.64. The van der Waals surface area contributed by atoms with E-state index in [1.54, 1.807) is 0 Å². The molecular formula is C19H30N4O. The Bertz CT molecular complexity index is 526. The van der Waals surface area contributed by atoms with Gasteiger partial charge in [-0.3, -0.25) is 0 Å². The number of nitrogens with zero attached hydrogens (tertiary/aromatic N) is 2. The van der Waals surface area contributed by atoms with Crippen LogP contribution in [0.5, 0.6) is 0 Å². The van der Waals surface area contributed by atoms with Crippen molar-refractivity contribution in [2.75, 3.05) is 37.7 Å². The topological polar surface area (TPSA) is 49.4 Å². The van der Waals surface area contributed by atoms with E-state index in [1.807, 2.05) is 6.20 Å². The van der Waals surface area contributed by atoms with Gasteiger partial charge in [0.15, 0.2) is 0 Å². The van der Waals surface area contributed by atoms with Crippen LogP contribution in [-0.4, -0.2) is 49.9 Å². The number of hydrogen-bond acceptors (Lipinski definition) is 5. The third kappa shape index (κ3) is 3.73. The lowest BCUT2D eigenvalue weighted by atomic mass is 9.94. The molecule has 3 heterocycles. The molecule has 4 rings (SSSR count). The van der Waals surface area contributed by atoms with Crippen molar-refractivity contribution >= 4 is 5.82 Å². The van der Waals surface area contributed by atoms with Crippen molar-refractivity contribution in [2.24, 2.45) is 5.92 Å². The molecule has 3 unspecified atom stereocenters. The summed E-state index contributed by atoms with van der Waals surface area (Å²) in [6, 6.07) is 5.55. The van der Waals surface area contributed by atoms with Gasteiger partial charge in [0.1, 0.15) is 5.82 Å². The number of pyridine rings is 1. The van der Waals surface area contributed by atoms with Crippen molar-refractivity contribution in [3.8, 4) is 0 Å². The van der Waals surface area contributed by atoms with Gasteiger partial charge in [0.2, 0.25) is 0 Å². The van der Waals surface area contributed by atoms with E-state index in [1.165, 1.54) is 37.7 Å². The van der Waals surface area contributed by atoms with Crippen LogP contribution in [0.3, 0.4) is 0 Å². The van der Waals surface area contributed by atoms with Gasteiger partial charge >= 0.3 is 0 Å². The Hall–Kier alpha value is -1.17. The van der Waals surface area contributed by atoms with Crippen LogP contribution in [0.15, 0.2) is 18.3 Å². The smallest absolute Gasteiger partial charge is 0.128 e. The summed E-state index contributed by atoms with van der Waals surface area (Å²) in [5.74, 6) is 1.85. The Kier molecular flexibility index (Phi) is 5.30. The minimum absolute atomic E-state index is 0.524. The number of anilines is 1. The van der Waals surface area contributed by atoms with Crippen LogP contribution in [-0.2, 0) is 11.3 Å². The SMILES string of the molecule is c1cc(CNC2CCCC2C2COCCN2)cc(N2CCCC2)n1. The van der Waals surface area contributed by atoms with Crippen molar-refractivity contribution in [2.45, 2.75) is 50.7 Å². The van der Waals surface area contributed by atoms with E-state index in [0.29, 0.717) is 18.0 Å². The molecule has 0 radical (unpaired) electrons. The molecule has 5 heteroatoms. The lowest BCUT2D eigenvalue weighted by Gasteiger charge is -2.33. The monoisotopic (exact) mass is 330 g/mol. The number of nitrogens with one attached hydrogen (secondary N) is 2. The van der Waals surface area contributed by atoms with Crippen LogP contribution in [0.25, 0.3) is 0 Å². The quantitative estimate of drug-likeness (QED) is 0.864. The van der Waals surface area contributed by atoms with Crippen LogP contribution in [0, 0.1) is 5.92 Å². The lowest BCUT2D eigenvalue weighted by Crippen LogP contribution is -2.50. The van der Waals surface area contributed by atoms with E-state index in [0.717, 1.165) is 45.2 Å². The molecule has 5 nitrogen and oxygen atoms in total. The van der Waals surface area contributed by atoms with Gasteiger partial charge < -0.3 is 20.3 Å². The minimum atomic E-state index is 0.524. The largest absolute Gasteiger partial charge is 0.379 e. The van der Waals surface area contributed by atoms with Crippen molar-refractivity contribution in [1.82, 2.24) is 15.6 Å². The zero-order chi connectivity index (χ0) is 16.2. The Morgan fingerprint density at radius 2 is 2.17 bits per heavy atom. The van der Waals surface area contributed by atoms with Crippen LogP contribution in [0.2, 0.25) is 0 Å². The molecule has 0 spiro atoms. The molecule has 1 aliphatic carbocycles. The molecule has 2 N–H and O–H groups in total. The molecule has 3 atom stereocenters. The van der Waals surface area contributed by atoms with E-state index < -0.39 is 0 Å². The fraction of sp³-hybridized carbons (Fsp3) is 0.737. The summed E-state index contributed by atoms with van der Waals surface area (Å²) in [5, 5.41) is 7.47. The fourth-order valence-corrected chi connectivity index (χ4v) is 4.52. The average Bonchev–Trinajstić information content (AvgIpc) is 3.33. The molecule has 2 saturated heterocycles. The van der Waals surface area contributed by atoms with Gasteiger partial charge in [0.25, 0.3) is 0 Å². The molecule has 0 aromatic carbocycles. The molecular weight excluding hydrogens is 300 g/mol. The third-order valence-electron chi connectivity index (χ3n) is 5.84. The summed E-state index contributed by atoms with van der Waals surface area (Å²) in [4.78, 5) is 6.97. The van der Waals surface area contributed by atoms with E-state index in [2.05, 4.69) is 32.7 Å². The van der Waals surface area contributed by atoms with E-state index >= 15 is 0 Å². The van der Waals surface area contributed by atoms with Gasteiger partial charge in [-0.05, 0) is 49.3 Å². The molecule has 0 amide bonds. The molecule has 24 heavy (non-hydrogen) atoms. The molecule has 1 saturated carbocycles. The summed E-state index contributed by atoms with van der Waals surface area (Å²) in [6.07, 6.45) is 8.49. The summed E-state index contributed by atoms with van der Waals surface area (Å²) < 4.78 is 5.67. The highest BCUT2D eigenvalue weighted by Crippen LogP contribution is 2.30. The normalized spacial score (nSPS) is 30.8. The number of ether oxygens (including phenoxy) is 1. The van der Waals surface area contributed by atoms with Crippen molar-refractivity contribution in [3.05, 3.63) is 23.9 Å². The van der Waals surface area contributed by atoms with E-state index in [9.17, 15) is 0 Å². The van der Waals surface area contributed by atoms with Crippen molar-refractivity contribution < 1.29 is 4.74 Å². The highest BCUT2D eigenvalue weighted by atomic mass is 16.5. The molecule has 3 fully saturated rings. The molecule has 1 aromatic heterocycles. The third-order valence-corrected chi connectivity index (χ3v) is 5.84. The molecule has 3 aliphatic rings. The van der Waals surface area contributed by atoms with E-state index in [-0.39, 0.29) is 0 Å². The van der Waals surface area contributed by atoms with Gasteiger partial charge in [-0.2, -0.15) is 0 Å². The maximum atomic E-state index is 5.67. The maximum Gasteiger partial charge on any atom is 0.128 e. The molecule has 1 aromatic rings. The van der Waals surface area contributed by atoms with Crippen molar-refractivity contribution in [1.29, 1.82) is 0 Å². The van der Waals surface area contributed by atoms with Gasteiger partial charge in [-0.15, -0.1) is 0 Å². The summed E-state index contributed by atoms with van der Waals surface area (Å²) >= 11 is 0. The number of rotatable bonds is 5. The highest BCUT2D eigenvalue weighted by Gasteiger charge is 2.34. The summed E-state index contributed by atoms with van der Waals surface area (Å²) in [6.45, 7) is 5.98. The first kappa shape index (κ1) is 16.3. The maximum absolute atomic E-state index is 5.67. The zero-order valence-corrected chi connectivity index (χ0v) is 14.5. The zero-order valence-electron chi connectivity index (χ0n) is 14.5. The van der Waals surface area contributed by atoms with E-state index in [4.69, 9.17) is 4.74 Å². The first-order chi connectivity index (χ1) is 11.9. The minimum Gasteiger partial charge on any atom is -0.379 e. The Balaban J connectivity index is 1.34. The van der Waals surface area contributed by atoms with Crippen LogP contribution in [0.1, 0.15) is 37.7 Å². The van der Waals surface area contributed by atoms with Gasteiger partial charge in [-0.1, -0.05) is 6.42 Å². The number of hydrogen-bond donors (Lipinski definition) is 2. The second-order valence-electron chi connectivity index (χ2n) is 7.43. The Labute approximate surface area is 145 Å². The second kappa shape index (κ2) is 7.81. The lowest BCUT2D eigenvalue weighted by molar-refractivity contribution is 0.0524. The second-order valence-corrected chi connectivity index (χ2v) is 7.43. The fourth-order valence-electron chi connectivity index (χ4n) is 4.52. The summed E-state index contributed by atoms with van der Waals surface area (Å²) in [7, 11) is 0. The Morgan fingerprint density at radius 1 is 1.25 bits per heavy atom. The highest BCUT2D eigenvalue weighted by molar-refractivity contribution is 5.41. The number of aromatic nitrogens is 1. The van der Waals surface area contributed by atoms with Gasteiger partial charge in [0.05, 0.1) is 13.2 Å². The predicted octanol–water partition coefficient (Wildman–Crippen LogP) is 1.93. The summed E-state index contributed by atoms with van der Waals surface area (Å²) in [5.41, 5.74) is 1.35. The van der Waals surface area contributed by atoms with Crippen molar-refractivity contribution in [3.63, 3.8) is 0 Å². The first-order valence-electron chi connectivity index (χ1n) is 9.64. The standard InChI is InChI=1S/C19H30N4O/c1-2-10-23(9-1)19-12-15(6-7-21-19)13-22-17-5-3-4-16(17)18-14-24-11-8-20-18/h6-7,12,16-18,20,22H,1-5,8-11,13-14H2. The molecule has 2 aliphatic heterocycles.